The Labute approximate surface area is 143 Å². The highest BCUT2D eigenvalue weighted by molar-refractivity contribution is 7.80. The molecule has 0 aliphatic heterocycles. The largest absolute Gasteiger partial charge is 0.497 e. The molecule has 2 N–H and O–H groups in total. The molecule has 2 aromatic rings. The Bertz CT molecular complexity index is 638. The van der Waals surface area contributed by atoms with Crippen LogP contribution in [0.15, 0.2) is 48.5 Å². The lowest BCUT2D eigenvalue weighted by molar-refractivity contribution is 0.405. The minimum absolute atomic E-state index is 0.400. The Morgan fingerprint density at radius 3 is 1.83 bits per heavy atom. The molecular weight excluding hydrogens is 306 g/mol. The van der Waals surface area contributed by atoms with E-state index >= 15 is 0 Å². The molecule has 122 valence electrons. The first-order valence-electron chi connectivity index (χ1n) is 7.43. The molecule has 0 saturated heterocycles. The lowest BCUT2D eigenvalue weighted by atomic mass is 10.1. The second-order valence-electron chi connectivity index (χ2n) is 5.60. The third-order valence-electron chi connectivity index (χ3n) is 3.67. The van der Waals surface area contributed by atoms with Gasteiger partial charge in [0.15, 0.2) is 5.11 Å². The average molecular weight is 329 g/mol. The number of benzene rings is 2. The molecule has 0 heterocycles. The van der Waals surface area contributed by atoms with Crippen molar-refractivity contribution in [1.29, 1.82) is 0 Å². The van der Waals surface area contributed by atoms with E-state index in [2.05, 4.69) is 29.2 Å². The minimum atomic E-state index is 0.400. The third kappa shape index (κ3) is 4.86. The van der Waals surface area contributed by atoms with Gasteiger partial charge in [-0.2, -0.15) is 0 Å². The quantitative estimate of drug-likeness (QED) is 0.825. The molecule has 2 aromatic carbocycles. The second-order valence-corrected chi connectivity index (χ2v) is 6.02. The van der Waals surface area contributed by atoms with E-state index in [0.717, 1.165) is 11.3 Å². The van der Waals surface area contributed by atoms with Crippen LogP contribution in [0, 0.1) is 0 Å². The average Bonchev–Trinajstić information content (AvgIpc) is 2.55. The summed E-state index contributed by atoms with van der Waals surface area (Å²) in [5, 5.41) is 0.400. The summed E-state index contributed by atoms with van der Waals surface area (Å²) >= 11 is 5.20. The van der Waals surface area contributed by atoms with Crippen LogP contribution in [0.4, 0.5) is 5.69 Å². The number of ether oxygens (including phenoxy) is 1. The van der Waals surface area contributed by atoms with E-state index in [9.17, 15) is 0 Å². The lowest BCUT2D eigenvalue weighted by Crippen LogP contribution is -2.34. The summed E-state index contributed by atoms with van der Waals surface area (Å²) < 4.78 is 5.18. The van der Waals surface area contributed by atoms with Crippen LogP contribution in [0.2, 0.25) is 0 Å². The first-order chi connectivity index (χ1) is 11.0. The first kappa shape index (κ1) is 17.1. The van der Waals surface area contributed by atoms with E-state index < -0.39 is 0 Å². The molecule has 0 saturated carbocycles. The molecule has 0 amide bonds. The highest BCUT2D eigenvalue weighted by Gasteiger charge is 2.09. The van der Waals surface area contributed by atoms with Crippen LogP contribution in [-0.2, 0) is 13.1 Å². The van der Waals surface area contributed by atoms with Crippen molar-refractivity contribution in [2.75, 3.05) is 26.1 Å². The van der Waals surface area contributed by atoms with Gasteiger partial charge in [-0.3, -0.25) is 0 Å². The Hall–Kier alpha value is -2.27. The van der Waals surface area contributed by atoms with Crippen molar-refractivity contribution in [3.63, 3.8) is 0 Å². The van der Waals surface area contributed by atoms with E-state index in [-0.39, 0.29) is 0 Å². The summed E-state index contributed by atoms with van der Waals surface area (Å²) in [7, 11) is 5.72. The van der Waals surface area contributed by atoms with E-state index in [0.29, 0.717) is 18.2 Å². The highest BCUT2D eigenvalue weighted by atomic mass is 32.1. The Morgan fingerprint density at radius 2 is 1.43 bits per heavy atom. The van der Waals surface area contributed by atoms with E-state index in [1.54, 1.807) is 7.11 Å². The second kappa shape index (κ2) is 7.83. The van der Waals surface area contributed by atoms with Crippen LogP contribution < -0.4 is 15.4 Å². The number of anilines is 1. The Kier molecular flexibility index (Phi) is 5.82. The summed E-state index contributed by atoms with van der Waals surface area (Å²) in [6.45, 7) is 1.36. The normalized spacial score (nSPS) is 10.2. The van der Waals surface area contributed by atoms with E-state index in [1.165, 1.54) is 11.3 Å². The molecule has 2 rings (SSSR count). The fourth-order valence-electron chi connectivity index (χ4n) is 2.28. The summed E-state index contributed by atoms with van der Waals surface area (Å²) in [5.41, 5.74) is 9.38. The van der Waals surface area contributed by atoms with Crippen molar-refractivity contribution < 1.29 is 4.74 Å². The van der Waals surface area contributed by atoms with Gasteiger partial charge in [-0.05, 0) is 47.6 Å². The van der Waals surface area contributed by atoms with Crippen molar-refractivity contribution in [2.24, 2.45) is 5.73 Å². The Morgan fingerprint density at radius 1 is 0.957 bits per heavy atom. The van der Waals surface area contributed by atoms with Crippen LogP contribution in [0.3, 0.4) is 0 Å². The molecule has 0 radical (unpaired) electrons. The zero-order chi connectivity index (χ0) is 16.8. The fraction of sp³-hybridized carbons (Fsp3) is 0.278. The number of hydrogen-bond donors (Lipinski definition) is 1. The SMILES string of the molecule is COc1ccc(CN(Cc2ccc(N(C)C)cc2)C(N)=S)cc1. The van der Waals surface area contributed by atoms with Crippen molar-refractivity contribution in [1.82, 2.24) is 4.90 Å². The zero-order valence-corrected chi connectivity index (χ0v) is 14.6. The van der Waals surface area contributed by atoms with Crippen molar-refractivity contribution in [3.8, 4) is 5.75 Å². The summed E-state index contributed by atoms with van der Waals surface area (Å²) in [6.07, 6.45) is 0. The third-order valence-corrected chi connectivity index (χ3v) is 3.93. The highest BCUT2D eigenvalue weighted by Crippen LogP contribution is 2.17. The number of methoxy groups -OCH3 is 1. The Balaban J connectivity index is 2.07. The summed E-state index contributed by atoms with van der Waals surface area (Å²) in [5.74, 6) is 0.842. The number of rotatable bonds is 6. The van der Waals surface area contributed by atoms with Gasteiger partial charge in [0.2, 0.25) is 0 Å². The van der Waals surface area contributed by atoms with Crippen LogP contribution >= 0.6 is 12.2 Å². The molecule has 0 bridgehead atoms. The molecule has 0 atom stereocenters. The monoisotopic (exact) mass is 329 g/mol. The molecule has 0 unspecified atom stereocenters. The summed E-state index contributed by atoms with van der Waals surface area (Å²) in [4.78, 5) is 4.06. The maximum atomic E-state index is 5.89. The van der Waals surface area contributed by atoms with Gasteiger partial charge in [-0.1, -0.05) is 24.3 Å². The predicted octanol–water partition coefficient (Wildman–Crippen LogP) is 3.01. The molecular formula is C18H23N3OS. The van der Waals surface area contributed by atoms with Crippen LogP contribution in [-0.4, -0.2) is 31.2 Å². The van der Waals surface area contributed by atoms with Gasteiger partial charge < -0.3 is 20.3 Å². The van der Waals surface area contributed by atoms with E-state index in [1.807, 2.05) is 43.3 Å². The number of nitrogens with zero attached hydrogens (tertiary/aromatic N) is 2. The van der Waals surface area contributed by atoms with Crippen LogP contribution in [0.1, 0.15) is 11.1 Å². The van der Waals surface area contributed by atoms with Gasteiger partial charge in [-0.15, -0.1) is 0 Å². The van der Waals surface area contributed by atoms with Gasteiger partial charge in [-0.25, -0.2) is 0 Å². The zero-order valence-electron chi connectivity index (χ0n) is 13.8. The van der Waals surface area contributed by atoms with Crippen molar-refractivity contribution in [2.45, 2.75) is 13.1 Å². The summed E-state index contributed by atoms with van der Waals surface area (Å²) in [6, 6.07) is 16.3. The lowest BCUT2D eigenvalue weighted by Gasteiger charge is -2.23. The molecule has 0 aromatic heterocycles. The van der Waals surface area contributed by atoms with Crippen LogP contribution in [0.25, 0.3) is 0 Å². The van der Waals surface area contributed by atoms with Crippen molar-refractivity contribution in [3.05, 3.63) is 59.7 Å². The van der Waals surface area contributed by atoms with Gasteiger partial charge in [0.25, 0.3) is 0 Å². The molecule has 0 aliphatic carbocycles. The first-order valence-corrected chi connectivity index (χ1v) is 7.84. The number of hydrogen-bond acceptors (Lipinski definition) is 3. The number of thiocarbonyl (C=S) groups is 1. The molecule has 23 heavy (non-hydrogen) atoms. The van der Waals surface area contributed by atoms with Gasteiger partial charge in [0.05, 0.1) is 7.11 Å². The van der Waals surface area contributed by atoms with Crippen molar-refractivity contribution >= 4 is 23.0 Å². The van der Waals surface area contributed by atoms with Gasteiger partial charge >= 0.3 is 0 Å². The van der Waals surface area contributed by atoms with Gasteiger partial charge in [0, 0.05) is 32.9 Å². The molecule has 0 aliphatic rings. The molecule has 0 fully saturated rings. The minimum Gasteiger partial charge on any atom is -0.497 e. The molecule has 0 spiro atoms. The maximum Gasteiger partial charge on any atom is 0.166 e. The number of nitrogens with two attached hydrogens (primary N) is 1. The molecule has 5 heteroatoms. The fourth-order valence-corrected chi connectivity index (χ4v) is 2.41. The van der Waals surface area contributed by atoms with E-state index in [4.69, 9.17) is 22.7 Å². The van der Waals surface area contributed by atoms with Gasteiger partial charge in [0.1, 0.15) is 5.75 Å². The maximum absolute atomic E-state index is 5.89. The smallest absolute Gasteiger partial charge is 0.166 e. The van der Waals surface area contributed by atoms with Crippen LogP contribution in [0.5, 0.6) is 5.75 Å². The predicted molar refractivity (Wildman–Crippen MR) is 99.8 cm³/mol. The molecule has 4 nitrogen and oxygen atoms in total. The topological polar surface area (TPSA) is 41.7 Å². The standard InChI is InChI=1S/C18H23N3OS/c1-20(2)16-8-4-14(5-9-16)12-21(18(19)23)13-15-6-10-17(22-3)11-7-15/h4-11H,12-13H2,1-3H3,(H2,19,23).